The molecule has 4 nitrogen and oxygen atoms in total. The van der Waals surface area contributed by atoms with Crippen LogP contribution in [0.1, 0.15) is 23.2 Å². The highest BCUT2D eigenvalue weighted by atomic mass is 19.1. The molecule has 0 bridgehead atoms. The zero-order valence-corrected chi connectivity index (χ0v) is 12.0. The highest BCUT2D eigenvalue weighted by Gasteiger charge is 2.26. The Morgan fingerprint density at radius 1 is 1.55 bits per heavy atom. The third-order valence-electron chi connectivity index (χ3n) is 3.70. The molecule has 1 aliphatic rings. The van der Waals surface area contributed by atoms with E-state index in [9.17, 15) is 9.18 Å². The number of carbonyl (C=O) groups is 1. The van der Waals surface area contributed by atoms with E-state index in [4.69, 9.17) is 4.74 Å². The summed E-state index contributed by atoms with van der Waals surface area (Å²) in [5, 5.41) is 2.77. The van der Waals surface area contributed by atoms with Gasteiger partial charge in [-0.2, -0.15) is 0 Å². The van der Waals surface area contributed by atoms with Crippen LogP contribution in [0.25, 0.3) is 0 Å². The Kier molecular flexibility index (Phi) is 4.95. The number of rotatable bonds is 4. The van der Waals surface area contributed by atoms with Gasteiger partial charge in [-0.1, -0.05) is 6.07 Å². The lowest BCUT2D eigenvalue weighted by molar-refractivity contribution is 0.0571. The molecule has 20 heavy (non-hydrogen) atoms. The van der Waals surface area contributed by atoms with Crippen LogP contribution in [0, 0.1) is 11.7 Å². The van der Waals surface area contributed by atoms with Crippen molar-refractivity contribution in [2.45, 2.75) is 12.8 Å². The zero-order chi connectivity index (χ0) is 14.5. The van der Waals surface area contributed by atoms with Gasteiger partial charge in [0.2, 0.25) is 0 Å². The monoisotopic (exact) mass is 280 g/mol. The van der Waals surface area contributed by atoms with E-state index < -0.39 is 5.82 Å². The van der Waals surface area contributed by atoms with E-state index in [1.54, 1.807) is 31.2 Å². The predicted octanol–water partition coefficient (Wildman–Crippen LogP) is 2.37. The minimum Gasteiger partial charge on any atom is -0.385 e. The quantitative estimate of drug-likeness (QED) is 0.920. The summed E-state index contributed by atoms with van der Waals surface area (Å²) in [6.45, 7) is 2.05. The van der Waals surface area contributed by atoms with Gasteiger partial charge in [-0.05, 0) is 30.9 Å². The molecule has 0 spiro atoms. The SMILES string of the molecule is CNc1c(F)cccc1C(=O)N1CCCC(COC)C1. The van der Waals surface area contributed by atoms with Crippen molar-refractivity contribution < 1.29 is 13.9 Å². The summed E-state index contributed by atoms with van der Waals surface area (Å²) in [4.78, 5) is 14.4. The van der Waals surface area contributed by atoms with Crippen molar-refractivity contribution in [3.63, 3.8) is 0 Å². The average Bonchev–Trinajstić information content (AvgIpc) is 2.47. The number of halogens is 1. The number of nitrogens with one attached hydrogen (secondary N) is 1. The maximum Gasteiger partial charge on any atom is 0.256 e. The van der Waals surface area contributed by atoms with Gasteiger partial charge in [0.15, 0.2) is 0 Å². The van der Waals surface area contributed by atoms with Gasteiger partial charge >= 0.3 is 0 Å². The third kappa shape index (κ3) is 3.10. The molecule has 1 unspecified atom stereocenters. The molecule has 0 aliphatic carbocycles. The molecule has 1 N–H and O–H groups in total. The van der Waals surface area contributed by atoms with Crippen LogP contribution in [0.4, 0.5) is 10.1 Å². The van der Waals surface area contributed by atoms with E-state index >= 15 is 0 Å². The molecule has 1 fully saturated rings. The van der Waals surface area contributed by atoms with Gasteiger partial charge in [0, 0.05) is 27.2 Å². The van der Waals surface area contributed by atoms with E-state index in [0.29, 0.717) is 24.6 Å². The molecule has 1 aromatic rings. The molecular formula is C15H21FN2O2. The molecule has 2 rings (SSSR count). The lowest BCUT2D eigenvalue weighted by Crippen LogP contribution is -2.41. The fourth-order valence-electron chi connectivity index (χ4n) is 2.75. The Labute approximate surface area is 118 Å². The number of ether oxygens (including phenoxy) is 1. The van der Waals surface area contributed by atoms with Gasteiger partial charge in [0.25, 0.3) is 5.91 Å². The number of anilines is 1. The van der Waals surface area contributed by atoms with Crippen LogP contribution in [-0.2, 0) is 4.74 Å². The second kappa shape index (κ2) is 6.70. The standard InChI is InChI=1S/C15H21FN2O2/c1-17-14-12(6-3-7-13(14)16)15(19)18-8-4-5-11(9-18)10-20-2/h3,6-7,11,17H,4-5,8-10H2,1-2H3. The smallest absolute Gasteiger partial charge is 0.256 e. The number of amides is 1. The fraction of sp³-hybridized carbons (Fsp3) is 0.533. The van der Waals surface area contributed by atoms with Crippen LogP contribution in [0.2, 0.25) is 0 Å². The Morgan fingerprint density at radius 2 is 2.35 bits per heavy atom. The van der Waals surface area contributed by atoms with E-state index in [1.165, 1.54) is 6.07 Å². The van der Waals surface area contributed by atoms with Crippen molar-refractivity contribution in [3.8, 4) is 0 Å². The van der Waals surface area contributed by atoms with Crippen molar-refractivity contribution in [1.29, 1.82) is 0 Å². The van der Waals surface area contributed by atoms with Gasteiger partial charge in [-0.25, -0.2) is 4.39 Å². The summed E-state index contributed by atoms with van der Waals surface area (Å²) in [6, 6.07) is 4.59. The fourth-order valence-corrected chi connectivity index (χ4v) is 2.75. The molecular weight excluding hydrogens is 259 g/mol. The maximum atomic E-state index is 13.7. The van der Waals surface area contributed by atoms with Crippen LogP contribution >= 0.6 is 0 Å². The molecule has 5 heteroatoms. The van der Waals surface area contributed by atoms with Crippen molar-refractivity contribution in [2.75, 3.05) is 39.2 Å². The number of piperidine rings is 1. The summed E-state index contributed by atoms with van der Waals surface area (Å²) < 4.78 is 18.9. The van der Waals surface area contributed by atoms with Gasteiger partial charge < -0.3 is 15.0 Å². The number of nitrogens with zero attached hydrogens (tertiary/aromatic N) is 1. The van der Waals surface area contributed by atoms with Crippen molar-refractivity contribution in [3.05, 3.63) is 29.6 Å². The third-order valence-corrected chi connectivity index (χ3v) is 3.70. The molecule has 1 aliphatic heterocycles. The summed E-state index contributed by atoms with van der Waals surface area (Å²) in [5.41, 5.74) is 0.664. The Morgan fingerprint density at radius 3 is 3.05 bits per heavy atom. The molecule has 0 radical (unpaired) electrons. The van der Waals surface area contributed by atoms with E-state index in [2.05, 4.69) is 5.32 Å². The van der Waals surface area contributed by atoms with Crippen molar-refractivity contribution in [2.24, 2.45) is 5.92 Å². The normalized spacial score (nSPS) is 18.9. The zero-order valence-electron chi connectivity index (χ0n) is 12.0. The molecule has 1 saturated heterocycles. The number of methoxy groups -OCH3 is 1. The summed E-state index contributed by atoms with van der Waals surface area (Å²) in [5.74, 6) is -0.150. The van der Waals surface area contributed by atoms with Crippen molar-refractivity contribution in [1.82, 2.24) is 4.90 Å². The first kappa shape index (κ1) is 14.8. The highest BCUT2D eigenvalue weighted by molar-refractivity contribution is 5.99. The van der Waals surface area contributed by atoms with E-state index in [-0.39, 0.29) is 11.6 Å². The van der Waals surface area contributed by atoms with Gasteiger partial charge in [0.05, 0.1) is 17.9 Å². The molecule has 0 aromatic heterocycles. The van der Waals surface area contributed by atoms with Gasteiger partial charge in [0.1, 0.15) is 5.82 Å². The highest BCUT2D eigenvalue weighted by Crippen LogP contribution is 2.24. The van der Waals surface area contributed by atoms with Gasteiger partial charge in [-0.3, -0.25) is 4.79 Å². The average molecular weight is 280 g/mol. The minimum atomic E-state index is -0.399. The van der Waals surface area contributed by atoms with Crippen LogP contribution in [0.3, 0.4) is 0 Å². The van der Waals surface area contributed by atoms with Gasteiger partial charge in [-0.15, -0.1) is 0 Å². The largest absolute Gasteiger partial charge is 0.385 e. The predicted molar refractivity (Wildman–Crippen MR) is 76.5 cm³/mol. The Bertz CT molecular complexity index is 477. The number of hydrogen-bond donors (Lipinski definition) is 1. The van der Waals surface area contributed by atoms with E-state index in [1.807, 2.05) is 0 Å². The molecule has 1 amide bonds. The number of para-hydroxylation sites is 1. The van der Waals surface area contributed by atoms with Crippen LogP contribution in [0.5, 0.6) is 0 Å². The molecule has 1 atom stereocenters. The summed E-state index contributed by atoms with van der Waals surface area (Å²) >= 11 is 0. The van der Waals surface area contributed by atoms with E-state index in [0.717, 1.165) is 19.4 Å². The Balaban J connectivity index is 2.16. The topological polar surface area (TPSA) is 41.6 Å². The lowest BCUT2D eigenvalue weighted by atomic mass is 9.98. The van der Waals surface area contributed by atoms with Crippen LogP contribution in [0.15, 0.2) is 18.2 Å². The lowest BCUT2D eigenvalue weighted by Gasteiger charge is -2.32. The molecule has 0 saturated carbocycles. The molecule has 1 aromatic carbocycles. The first-order valence-electron chi connectivity index (χ1n) is 6.91. The van der Waals surface area contributed by atoms with Crippen molar-refractivity contribution >= 4 is 11.6 Å². The van der Waals surface area contributed by atoms with Crippen LogP contribution < -0.4 is 5.32 Å². The second-order valence-electron chi connectivity index (χ2n) is 5.13. The van der Waals surface area contributed by atoms with Crippen LogP contribution in [-0.4, -0.2) is 44.7 Å². The first-order chi connectivity index (χ1) is 9.67. The summed E-state index contributed by atoms with van der Waals surface area (Å²) in [6.07, 6.45) is 2.03. The molecule has 1 heterocycles. The number of carbonyl (C=O) groups excluding carboxylic acids is 1. The molecule has 110 valence electrons. The maximum absolute atomic E-state index is 13.7. The Hall–Kier alpha value is -1.62. The minimum absolute atomic E-state index is 0.116. The first-order valence-corrected chi connectivity index (χ1v) is 6.91. The summed E-state index contributed by atoms with van der Waals surface area (Å²) in [7, 11) is 3.30. The second-order valence-corrected chi connectivity index (χ2v) is 5.13. The number of benzene rings is 1. The number of hydrogen-bond acceptors (Lipinski definition) is 3. The number of likely N-dealkylation sites (tertiary alicyclic amines) is 1.